The van der Waals surface area contributed by atoms with Gasteiger partial charge in [-0.25, -0.2) is 9.18 Å². The van der Waals surface area contributed by atoms with Crippen molar-refractivity contribution in [3.8, 4) is 0 Å². The monoisotopic (exact) mass is 516 g/mol. The van der Waals surface area contributed by atoms with E-state index in [-0.39, 0.29) is 27.8 Å². The van der Waals surface area contributed by atoms with Crippen molar-refractivity contribution in [3.05, 3.63) is 87.9 Å². The molecule has 0 bridgehead atoms. The van der Waals surface area contributed by atoms with Crippen molar-refractivity contribution < 1.29 is 19.1 Å². The molecule has 3 aromatic rings. The van der Waals surface area contributed by atoms with Crippen LogP contribution in [0.3, 0.4) is 0 Å². The number of amides is 1. The smallest absolute Gasteiger partial charge is 0.326 e. The topological polar surface area (TPSA) is 85.8 Å². The average molecular weight is 517 g/mol. The molecule has 4 rings (SSSR count). The molecular formula is C25H23Cl2FN4O3. The van der Waals surface area contributed by atoms with Crippen LogP contribution in [-0.2, 0) is 11.2 Å². The van der Waals surface area contributed by atoms with Crippen LogP contribution in [0.2, 0.25) is 10.0 Å². The highest BCUT2D eigenvalue weighted by molar-refractivity contribution is 6.39. The molecule has 35 heavy (non-hydrogen) atoms. The van der Waals surface area contributed by atoms with Gasteiger partial charge in [-0.1, -0.05) is 29.3 Å². The fourth-order valence-electron chi connectivity index (χ4n) is 3.95. The molecule has 2 heterocycles. The van der Waals surface area contributed by atoms with Crippen molar-refractivity contribution in [1.82, 2.24) is 10.3 Å². The molecule has 1 atom stereocenters. The third-order valence-corrected chi connectivity index (χ3v) is 6.48. The number of anilines is 2. The Labute approximate surface area is 212 Å². The predicted octanol–water partition coefficient (Wildman–Crippen LogP) is 4.28. The first kappa shape index (κ1) is 24.8. The Balaban J connectivity index is 1.36. The van der Waals surface area contributed by atoms with Crippen LogP contribution in [0.1, 0.15) is 16.1 Å². The van der Waals surface area contributed by atoms with Gasteiger partial charge in [-0.3, -0.25) is 9.78 Å². The number of hydrogen-bond donors (Lipinski definition) is 2. The number of carboxylic acid groups (broad SMARTS) is 1. The summed E-state index contributed by atoms with van der Waals surface area (Å²) in [4.78, 5) is 33.2. The lowest BCUT2D eigenvalue weighted by Gasteiger charge is -2.37. The number of nitrogens with one attached hydrogen (secondary N) is 1. The summed E-state index contributed by atoms with van der Waals surface area (Å²) in [5.41, 5.74) is 2.47. The molecule has 182 valence electrons. The number of nitrogens with zero attached hydrogens (tertiary/aromatic N) is 3. The number of carboxylic acids is 1. The van der Waals surface area contributed by atoms with Gasteiger partial charge in [0.1, 0.15) is 11.9 Å². The van der Waals surface area contributed by atoms with Gasteiger partial charge in [0.25, 0.3) is 5.91 Å². The Bertz CT molecular complexity index is 1180. The van der Waals surface area contributed by atoms with E-state index in [9.17, 15) is 19.1 Å². The normalized spacial score (nSPS) is 14.5. The summed E-state index contributed by atoms with van der Waals surface area (Å²) < 4.78 is 13.2. The first-order valence-corrected chi connectivity index (χ1v) is 11.8. The van der Waals surface area contributed by atoms with Crippen molar-refractivity contribution >= 4 is 46.5 Å². The van der Waals surface area contributed by atoms with Crippen LogP contribution in [-0.4, -0.2) is 54.2 Å². The summed E-state index contributed by atoms with van der Waals surface area (Å²) in [5.74, 6) is -2.11. The largest absolute Gasteiger partial charge is 0.480 e. The summed E-state index contributed by atoms with van der Waals surface area (Å²) >= 11 is 12.1. The lowest BCUT2D eigenvalue weighted by atomic mass is 10.1. The van der Waals surface area contributed by atoms with Gasteiger partial charge in [0.15, 0.2) is 0 Å². The zero-order valence-electron chi connectivity index (χ0n) is 18.6. The summed E-state index contributed by atoms with van der Waals surface area (Å²) in [6.45, 7) is 3.10. The quantitative estimate of drug-likeness (QED) is 0.487. The second kappa shape index (κ2) is 10.9. The molecule has 7 nitrogen and oxygen atoms in total. The van der Waals surface area contributed by atoms with E-state index in [1.165, 1.54) is 24.3 Å². The van der Waals surface area contributed by atoms with Crippen molar-refractivity contribution in [1.29, 1.82) is 0 Å². The van der Waals surface area contributed by atoms with Gasteiger partial charge < -0.3 is 20.2 Å². The molecule has 10 heteroatoms. The van der Waals surface area contributed by atoms with Crippen LogP contribution in [0.5, 0.6) is 0 Å². The molecule has 2 N–H and O–H groups in total. The van der Waals surface area contributed by atoms with E-state index in [4.69, 9.17) is 23.2 Å². The highest BCUT2D eigenvalue weighted by atomic mass is 35.5. The van der Waals surface area contributed by atoms with Crippen molar-refractivity contribution in [2.75, 3.05) is 36.0 Å². The number of aliphatic carboxylic acids is 1. The van der Waals surface area contributed by atoms with Gasteiger partial charge >= 0.3 is 5.97 Å². The molecule has 0 saturated carbocycles. The maximum atomic E-state index is 13.2. The maximum Gasteiger partial charge on any atom is 0.326 e. The summed E-state index contributed by atoms with van der Waals surface area (Å²) in [7, 11) is 0. The molecule has 0 radical (unpaired) electrons. The highest BCUT2D eigenvalue weighted by Gasteiger charge is 2.24. The van der Waals surface area contributed by atoms with Crippen LogP contribution in [0.25, 0.3) is 0 Å². The Morgan fingerprint density at radius 3 is 2.06 bits per heavy atom. The third-order valence-electron chi connectivity index (χ3n) is 5.85. The first-order valence-electron chi connectivity index (χ1n) is 11.0. The number of rotatable bonds is 7. The molecule has 1 aromatic heterocycles. The number of pyridine rings is 1. The van der Waals surface area contributed by atoms with E-state index in [0.717, 1.165) is 37.6 Å². The van der Waals surface area contributed by atoms with E-state index >= 15 is 0 Å². The minimum atomic E-state index is -1.20. The number of halogens is 3. The lowest BCUT2D eigenvalue weighted by molar-refractivity contribution is -0.139. The molecule has 2 aromatic carbocycles. The van der Waals surface area contributed by atoms with Gasteiger partial charge in [0.05, 0.1) is 27.5 Å². The second-order valence-corrected chi connectivity index (χ2v) is 8.94. The molecule has 1 amide bonds. The SMILES string of the molecule is O=C(NC(Cc1ccc(N2CCN(c3ccc(F)cc3)CC2)cn1)C(=O)O)c1c(Cl)cccc1Cl. The van der Waals surface area contributed by atoms with Gasteiger partial charge in [-0.05, 0) is 48.5 Å². The Hall–Kier alpha value is -3.36. The molecule has 1 aliphatic heterocycles. The number of carbonyl (C=O) groups is 2. The second-order valence-electron chi connectivity index (χ2n) is 8.12. The number of hydrogen-bond acceptors (Lipinski definition) is 5. The molecule has 1 fully saturated rings. The Morgan fingerprint density at radius 2 is 1.51 bits per heavy atom. The van der Waals surface area contributed by atoms with E-state index in [1.54, 1.807) is 30.5 Å². The molecule has 0 aliphatic carbocycles. The van der Waals surface area contributed by atoms with E-state index in [0.29, 0.717) is 5.69 Å². The first-order chi connectivity index (χ1) is 16.8. The molecule has 1 unspecified atom stereocenters. The van der Waals surface area contributed by atoms with E-state index in [2.05, 4.69) is 20.1 Å². The highest BCUT2D eigenvalue weighted by Crippen LogP contribution is 2.24. The minimum absolute atomic E-state index is 0.00176. The lowest BCUT2D eigenvalue weighted by Crippen LogP contribution is -2.46. The van der Waals surface area contributed by atoms with Crippen molar-refractivity contribution in [2.24, 2.45) is 0 Å². The fourth-order valence-corrected chi connectivity index (χ4v) is 4.52. The maximum absolute atomic E-state index is 13.2. The zero-order chi connectivity index (χ0) is 24.9. The summed E-state index contributed by atoms with van der Waals surface area (Å²) in [5, 5.41) is 12.4. The molecule has 0 spiro atoms. The standard InChI is InChI=1S/C25H23Cl2FN4O3/c26-20-2-1-3-21(27)23(20)24(33)30-22(25(34)35)14-17-6-9-19(15-29-17)32-12-10-31(11-13-32)18-7-4-16(28)5-8-18/h1-9,15,22H,10-14H2,(H,30,33)(H,34,35). The Morgan fingerprint density at radius 1 is 0.943 bits per heavy atom. The van der Waals surface area contributed by atoms with Crippen LogP contribution in [0.15, 0.2) is 60.8 Å². The molecule has 1 aliphatic rings. The van der Waals surface area contributed by atoms with Crippen LogP contribution < -0.4 is 15.1 Å². The summed E-state index contributed by atoms with van der Waals surface area (Å²) in [6.07, 6.45) is 1.70. The number of piperazine rings is 1. The van der Waals surface area contributed by atoms with E-state index < -0.39 is 17.9 Å². The number of benzene rings is 2. The predicted molar refractivity (Wildman–Crippen MR) is 134 cm³/mol. The van der Waals surface area contributed by atoms with Crippen molar-refractivity contribution in [3.63, 3.8) is 0 Å². The Kier molecular flexibility index (Phi) is 7.73. The molecule has 1 saturated heterocycles. The average Bonchev–Trinajstić information content (AvgIpc) is 2.84. The molecular weight excluding hydrogens is 494 g/mol. The van der Waals surface area contributed by atoms with Gasteiger partial charge in [-0.15, -0.1) is 0 Å². The minimum Gasteiger partial charge on any atom is -0.480 e. The number of carbonyl (C=O) groups excluding carboxylic acids is 1. The third kappa shape index (κ3) is 6.01. The van der Waals surface area contributed by atoms with Crippen LogP contribution in [0.4, 0.5) is 15.8 Å². The van der Waals surface area contributed by atoms with E-state index in [1.807, 2.05) is 6.07 Å². The van der Waals surface area contributed by atoms with Gasteiger partial charge in [0.2, 0.25) is 0 Å². The number of aromatic nitrogens is 1. The zero-order valence-corrected chi connectivity index (χ0v) is 20.1. The van der Waals surface area contributed by atoms with Gasteiger partial charge in [-0.2, -0.15) is 0 Å². The van der Waals surface area contributed by atoms with Crippen LogP contribution >= 0.6 is 23.2 Å². The fraction of sp³-hybridized carbons (Fsp3) is 0.240. The van der Waals surface area contributed by atoms with Crippen molar-refractivity contribution in [2.45, 2.75) is 12.5 Å². The van der Waals surface area contributed by atoms with Gasteiger partial charge in [0, 0.05) is 44.0 Å². The van der Waals surface area contributed by atoms with Crippen LogP contribution in [0, 0.1) is 5.82 Å². The summed E-state index contributed by atoms with van der Waals surface area (Å²) in [6, 6.07) is 13.5.